The van der Waals surface area contributed by atoms with E-state index in [0.717, 1.165) is 17.7 Å². The third-order valence-corrected chi connectivity index (χ3v) is 3.20. The van der Waals surface area contributed by atoms with E-state index >= 15 is 0 Å². The fourth-order valence-electron chi connectivity index (χ4n) is 1.88. The zero-order valence-electron chi connectivity index (χ0n) is 12.3. The molecule has 0 fully saturated rings. The Hall–Kier alpha value is -1.26. The highest BCUT2D eigenvalue weighted by Crippen LogP contribution is 2.23. The van der Waals surface area contributed by atoms with Crippen molar-refractivity contribution in [2.75, 3.05) is 20.3 Å². The van der Waals surface area contributed by atoms with E-state index < -0.39 is 0 Å². The van der Waals surface area contributed by atoms with Gasteiger partial charge in [0.1, 0.15) is 12.4 Å². The van der Waals surface area contributed by atoms with Crippen LogP contribution in [0.4, 0.5) is 0 Å². The van der Waals surface area contributed by atoms with Crippen molar-refractivity contribution in [3.63, 3.8) is 0 Å². The summed E-state index contributed by atoms with van der Waals surface area (Å²) in [6, 6.07) is 5.87. The zero-order chi connectivity index (χ0) is 15.0. The van der Waals surface area contributed by atoms with Gasteiger partial charge < -0.3 is 15.2 Å². The summed E-state index contributed by atoms with van der Waals surface area (Å²) in [5, 5.41) is 0.661. The highest BCUT2D eigenvalue weighted by atomic mass is 35.5. The van der Waals surface area contributed by atoms with Gasteiger partial charge in [0.25, 0.3) is 0 Å². The molecule has 0 aliphatic rings. The van der Waals surface area contributed by atoms with Gasteiger partial charge in [-0.1, -0.05) is 25.4 Å². The van der Waals surface area contributed by atoms with Crippen LogP contribution in [0.1, 0.15) is 19.4 Å². The van der Waals surface area contributed by atoms with E-state index in [1.54, 1.807) is 13.2 Å². The SMILES string of the molecule is COCCOc1cc(Cl)cc(CC(N=CN)C(C)C)c1. The van der Waals surface area contributed by atoms with Gasteiger partial charge >= 0.3 is 0 Å². The number of rotatable bonds is 8. The first kappa shape index (κ1) is 16.8. The fourth-order valence-corrected chi connectivity index (χ4v) is 2.13. The standard InChI is InChI=1S/C15H23ClN2O2/c1-11(2)15(18-10-17)8-12-6-13(16)9-14(7-12)20-5-4-19-3/h6-7,9-11,15H,4-5,8H2,1-3H3,(H2,17,18). The molecule has 0 aliphatic carbocycles. The monoisotopic (exact) mass is 298 g/mol. The lowest BCUT2D eigenvalue weighted by atomic mass is 9.97. The molecule has 20 heavy (non-hydrogen) atoms. The van der Waals surface area contributed by atoms with Gasteiger partial charge in [-0.15, -0.1) is 0 Å². The molecule has 1 aromatic rings. The number of ether oxygens (including phenoxy) is 2. The Bertz CT molecular complexity index is 436. The van der Waals surface area contributed by atoms with Gasteiger partial charge in [0, 0.05) is 12.1 Å². The largest absolute Gasteiger partial charge is 0.491 e. The predicted octanol–water partition coefficient (Wildman–Crippen LogP) is 2.92. The summed E-state index contributed by atoms with van der Waals surface area (Å²) >= 11 is 6.13. The van der Waals surface area contributed by atoms with Gasteiger partial charge in [-0.25, -0.2) is 0 Å². The Morgan fingerprint density at radius 3 is 2.65 bits per heavy atom. The van der Waals surface area contributed by atoms with Crippen molar-refractivity contribution in [3.05, 3.63) is 28.8 Å². The van der Waals surface area contributed by atoms with Crippen LogP contribution >= 0.6 is 11.6 Å². The lowest BCUT2D eigenvalue weighted by molar-refractivity contribution is 0.146. The molecule has 0 heterocycles. The lowest BCUT2D eigenvalue weighted by Crippen LogP contribution is -2.17. The molecule has 0 aromatic heterocycles. The van der Waals surface area contributed by atoms with Crippen molar-refractivity contribution >= 4 is 17.9 Å². The summed E-state index contributed by atoms with van der Waals surface area (Å²) in [6.07, 6.45) is 2.15. The van der Waals surface area contributed by atoms with Crippen LogP contribution in [0.5, 0.6) is 5.75 Å². The number of hydrogen-bond acceptors (Lipinski definition) is 3. The summed E-state index contributed by atoms with van der Waals surface area (Å²) < 4.78 is 10.6. The van der Waals surface area contributed by atoms with Gasteiger partial charge in [0.15, 0.2) is 0 Å². The van der Waals surface area contributed by atoms with Crippen LogP contribution in [0.15, 0.2) is 23.2 Å². The molecular formula is C15H23ClN2O2. The Morgan fingerprint density at radius 2 is 2.05 bits per heavy atom. The number of nitrogens with two attached hydrogens (primary N) is 1. The maximum atomic E-state index is 6.13. The molecule has 2 N–H and O–H groups in total. The Morgan fingerprint density at radius 1 is 1.30 bits per heavy atom. The number of aliphatic imine (C=N–C) groups is 1. The molecule has 0 radical (unpaired) electrons. The van der Waals surface area contributed by atoms with Crippen LogP contribution in [-0.2, 0) is 11.2 Å². The van der Waals surface area contributed by atoms with Crippen molar-refractivity contribution < 1.29 is 9.47 Å². The van der Waals surface area contributed by atoms with Crippen LogP contribution in [0.25, 0.3) is 0 Å². The summed E-state index contributed by atoms with van der Waals surface area (Å²) in [4.78, 5) is 4.30. The van der Waals surface area contributed by atoms with Gasteiger partial charge in [-0.05, 0) is 36.1 Å². The highest BCUT2D eigenvalue weighted by Gasteiger charge is 2.13. The molecule has 1 aromatic carbocycles. The minimum Gasteiger partial charge on any atom is -0.491 e. The van der Waals surface area contributed by atoms with Crippen LogP contribution in [-0.4, -0.2) is 32.7 Å². The second-order valence-corrected chi connectivity index (χ2v) is 5.39. The van der Waals surface area contributed by atoms with Gasteiger partial charge in [-0.3, -0.25) is 4.99 Å². The summed E-state index contributed by atoms with van der Waals surface area (Å²) in [5.41, 5.74) is 6.50. The topological polar surface area (TPSA) is 56.8 Å². The molecule has 1 unspecified atom stereocenters. The van der Waals surface area contributed by atoms with E-state index in [-0.39, 0.29) is 6.04 Å². The Balaban J connectivity index is 2.78. The second kappa shape index (κ2) is 8.82. The van der Waals surface area contributed by atoms with Crippen molar-refractivity contribution in [1.29, 1.82) is 0 Å². The molecular weight excluding hydrogens is 276 g/mol. The van der Waals surface area contributed by atoms with Crippen LogP contribution in [0.3, 0.4) is 0 Å². The molecule has 4 nitrogen and oxygen atoms in total. The average molecular weight is 299 g/mol. The van der Waals surface area contributed by atoms with Gasteiger partial charge in [-0.2, -0.15) is 0 Å². The number of nitrogens with zero attached hydrogens (tertiary/aromatic N) is 1. The zero-order valence-corrected chi connectivity index (χ0v) is 13.1. The molecule has 0 amide bonds. The minimum absolute atomic E-state index is 0.144. The molecule has 0 bridgehead atoms. The summed E-state index contributed by atoms with van der Waals surface area (Å²) in [5.74, 6) is 1.16. The minimum atomic E-state index is 0.144. The first-order chi connectivity index (χ1) is 9.56. The molecule has 112 valence electrons. The molecule has 0 saturated heterocycles. The number of halogens is 1. The van der Waals surface area contributed by atoms with E-state index in [1.165, 1.54) is 6.34 Å². The number of benzene rings is 1. The van der Waals surface area contributed by atoms with Gasteiger partial charge in [0.05, 0.1) is 19.0 Å². The Labute approximate surface area is 125 Å². The van der Waals surface area contributed by atoms with Crippen LogP contribution in [0.2, 0.25) is 5.02 Å². The van der Waals surface area contributed by atoms with Gasteiger partial charge in [0.2, 0.25) is 0 Å². The maximum absolute atomic E-state index is 6.13. The lowest BCUT2D eigenvalue weighted by Gasteiger charge is -2.17. The third kappa shape index (κ3) is 5.80. The smallest absolute Gasteiger partial charge is 0.121 e. The maximum Gasteiger partial charge on any atom is 0.121 e. The van der Waals surface area contributed by atoms with E-state index in [1.807, 2.05) is 12.1 Å². The number of methoxy groups -OCH3 is 1. The van der Waals surface area contributed by atoms with Crippen LogP contribution in [0, 0.1) is 5.92 Å². The van der Waals surface area contributed by atoms with E-state index in [4.69, 9.17) is 26.8 Å². The van der Waals surface area contributed by atoms with Crippen molar-refractivity contribution in [1.82, 2.24) is 0 Å². The molecule has 1 rings (SSSR count). The van der Waals surface area contributed by atoms with Crippen molar-refractivity contribution in [2.24, 2.45) is 16.6 Å². The van der Waals surface area contributed by atoms with E-state index in [2.05, 4.69) is 18.8 Å². The van der Waals surface area contributed by atoms with E-state index in [0.29, 0.717) is 24.2 Å². The molecule has 0 saturated carbocycles. The van der Waals surface area contributed by atoms with E-state index in [9.17, 15) is 0 Å². The molecule has 1 atom stereocenters. The quantitative estimate of drug-likeness (QED) is 0.456. The average Bonchev–Trinajstić information content (AvgIpc) is 2.38. The molecule has 5 heteroatoms. The van der Waals surface area contributed by atoms with Crippen molar-refractivity contribution in [3.8, 4) is 5.75 Å². The molecule has 0 aliphatic heterocycles. The Kier molecular flexibility index (Phi) is 7.41. The second-order valence-electron chi connectivity index (χ2n) is 4.95. The predicted molar refractivity (Wildman–Crippen MR) is 83.8 cm³/mol. The highest BCUT2D eigenvalue weighted by molar-refractivity contribution is 6.30. The first-order valence-electron chi connectivity index (χ1n) is 6.71. The van der Waals surface area contributed by atoms with Crippen molar-refractivity contribution in [2.45, 2.75) is 26.3 Å². The molecule has 0 spiro atoms. The summed E-state index contributed by atoms with van der Waals surface area (Å²) in [7, 11) is 1.64. The fraction of sp³-hybridized carbons (Fsp3) is 0.533. The number of hydrogen-bond donors (Lipinski definition) is 1. The van der Waals surface area contributed by atoms with Crippen LogP contribution < -0.4 is 10.5 Å². The summed E-state index contributed by atoms with van der Waals surface area (Å²) in [6.45, 7) is 5.30. The normalized spacial score (nSPS) is 13.1. The third-order valence-electron chi connectivity index (χ3n) is 2.98. The first-order valence-corrected chi connectivity index (χ1v) is 7.09.